The van der Waals surface area contributed by atoms with Gasteiger partial charge < -0.3 is 11.1 Å². The van der Waals surface area contributed by atoms with Gasteiger partial charge in [0.1, 0.15) is 0 Å². The maximum Gasteiger partial charge on any atom is 0.227 e. The molecule has 0 saturated heterocycles. The number of carbonyl (C=O) groups excluding carboxylic acids is 1. The van der Waals surface area contributed by atoms with Crippen molar-refractivity contribution < 1.29 is 4.79 Å². The van der Waals surface area contributed by atoms with Crippen LogP contribution >= 0.6 is 0 Å². The zero-order chi connectivity index (χ0) is 13.0. The van der Waals surface area contributed by atoms with Gasteiger partial charge in [0, 0.05) is 11.6 Å². The van der Waals surface area contributed by atoms with Crippen molar-refractivity contribution in [1.82, 2.24) is 0 Å². The van der Waals surface area contributed by atoms with Crippen molar-refractivity contribution in [3.63, 3.8) is 0 Å². The molecule has 1 aliphatic rings. The summed E-state index contributed by atoms with van der Waals surface area (Å²) >= 11 is 0. The van der Waals surface area contributed by atoms with Gasteiger partial charge in [-0.05, 0) is 43.5 Å². The van der Waals surface area contributed by atoms with Crippen LogP contribution in [0.1, 0.15) is 24.8 Å². The number of rotatable bonds is 3. The van der Waals surface area contributed by atoms with Gasteiger partial charge in [-0.1, -0.05) is 12.5 Å². The number of amides is 1. The summed E-state index contributed by atoms with van der Waals surface area (Å²) in [5, 5.41) is 11.7. The molecule has 0 spiro atoms. The van der Waals surface area contributed by atoms with Crippen molar-refractivity contribution in [3.8, 4) is 6.07 Å². The second-order valence-corrected chi connectivity index (χ2v) is 4.72. The van der Waals surface area contributed by atoms with Crippen LogP contribution in [0.15, 0.2) is 24.3 Å². The average Bonchev–Trinajstić information content (AvgIpc) is 2.87. The van der Waals surface area contributed by atoms with Crippen molar-refractivity contribution in [2.45, 2.75) is 19.3 Å². The van der Waals surface area contributed by atoms with E-state index in [1.807, 2.05) is 0 Å². The summed E-state index contributed by atoms with van der Waals surface area (Å²) in [6, 6.07) is 9.02. The van der Waals surface area contributed by atoms with Gasteiger partial charge in [-0.25, -0.2) is 0 Å². The molecule has 0 bridgehead atoms. The third-order valence-corrected chi connectivity index (χ3v) is 3.56. The molecule has 0 heterocycles. The molecule has 2 unspecified atom stereocenters. The summed E-state index contributed by atoms with van der Waals surface area (Å²) in [5.41, 5.74) is 6.91. The monoisotopic (exact) mass is 243 g/mol. The van der Waals surface area contributed by atoms with Gasteiger partial charge in [-0.15, -0.1) is 0 Å². The number of carbonyl (C=O) groups is 1. The Hall–Kier alpha value is -1.86. The van der Waals surface area contributed by atoms with Crippen LogP contribution in [0, 0.1) is 23.2 Å². The summed E-state index contributed by atoms with van der Waals surface area (Å²) in [7, 11) is 0. The lowest BCUT2D eigenvalue weighted by molar-refractivity contribution is -0.120. The van der Waals surface area contributed by atoms with Gasteiger partial charge in [-0.2, -0.15) is 5.26 Å². The Balaban J connectivity index is 2.04. The number of nitriles is 1. The van der Waals surface area contributed by atoms with E-state index in [1.165, 1.54) is 0 Å². The fraction of sp³-hybridized carbons (Fsp3) is 0.429. The van der Waals surface area contributed by atoms with Crippen LogP contribution in [-0.2, 0) is 4.79 Å². The Morgan fingerprint density at radius 1 is 1.50 bits per heavy atom. The Labute approximate surface area is 107 Å². The molecule has 1 fully saturated rings. The second kappa shape index (κ2) is 5.65. The van der Waals surface area contributed by atoms with Crippen LogP contribution in [0.3, 0.4) is 0 Å². The van der Waals surface area contributed by atoms with Crippen molar-refractivity contribution >= 4 is 11.6 Å². The number of hydrogen-bond acceptors (Lipinski definition) is 3. The minimum absolute atomic E-state index is 0.0146. The van der Waals surface area contributed by atoms with E-state index in [1.54, 1.807) is 24.3 Å². The SMILES string of the molecule is N#Cc1cccc(NC(=O)C2CCCC2CN)c1. The number of anilines is 1. The van der Waals surface area contributed by atoms with Gasteiger partial charge in [0.25, 0.3) is 0 Å². The highest BCUT2D eigenvalue weighted by molar-refractivity contribution is 5.93. The van der Waals surface area contributed by atoms with Crippen LogP contribution in [-0.4, -0.2) is 12.5 Å². The highest BCUT2D eigenvalue weighted by atomic mass is 16.1. The largest absolute Gasteiger partial charge is 0.330 e. The smallest absolute Gasteiger partial charge is 0.227 e. The molecule has 2 rings (SSSR count). The van der Waals surface area contributed by atoms with E-state index in [0.29, 0.717) is 23.7 Å². The first-order valence-corrected chi connectivity index (χ1v) is 6.25. The first-order chi connectivity index (χ1) is 8.74. The number of nitrogens with zero attached hydrogens (tertiary/aromatic N) is 1. The van der Waals surface area contributed by atoms with E-state index < -0.39 is 0 Å². The Bertz CT molecular complexity index is 478. The first-order valence-electron chi connectivity index (χ1n) is 6.25. The molecule has 0 aromatic heterocycles. The number of nitrogens with two attached hydrogens (primary N) is 1. The zero-order valence-electron chi connectivity index (χ0n) is 10.2. The van der Waals surface area contributed by atoms with Gasteiger partial charge in [0.05, 0.1) is 11.6 Å². The maximum absolute atomic E-state index is 12.1. The highest BCUT2D eigenvalue weighted by Crippen LogP contribution is 2.31. The fourth-order valence-corrected chi connectivity index (χ4v) is 2.57. The Morgan fingerprint density at radius 2 is 2.33 bits per heavy atom. The van der Waals surface area contributed by atoms with Crippen LogP contribution in [0.25, 0.3) is 0 Å². The van der Waals surface area contributed by atoms with E-state index in [4.69, 9.17) is 11.0 Å². The molecule has 18 heavy (non-hydrogen) atoms. The molecular weight excluding hydrogens is 226 g/mol. The number of nitrogens with one attached hydrogen (secondary N) is 1. The lowest BCUT2D eigenvalue weighted by Crippen LogP contribution is -2.29. The van der Waals surface area contributed by atoms with Gasteiger partial charge in [0.2, 0.25) is 5.91 Å². The minimum atomic E-state index is 0.0146. The van der Waals surface area contributed by atoms with E-state index in [-0.39, 0.29) is 11.8 Å². The van der Waals surface area contributed by atoms with Crippen LogP contribution in [0.2, 0.25) is 0 Å². The Morgan fingerprint density at radius 3 is 3.06 bits per heavy atom. The van der Waals surface area contributed by atoms with Gasteiger partial charge >= 0.3 is 0 Å². The molecule has 1 aliphatic carbocycles. The van der Waals surface area contributed by atoms with Crippen molar-refractivity contribution in [2.24, 2.45) is 17.6 Å². The lowest BCUT2D eigenvalue weighted by atomic mass is 9.95. The van der Waals surface area contributed by atoms with Crippen molar-refractivity contribution in [3.05, 3.63) is 29.8 Å². The molecule has 0 aliphatic heterocycles. The third-order valence-electron chi connectivity index (χ3n) is 3.56. The van der Waals surface area contributed by atoms with E-state index >= 15 is 0 Å². The third kappa shape index (κ3) is 2.69. The number of benzene rings is 1. The normalized spacial score (nSPS) is 22.4. The summed E-state index contributed by atoms with van der Waals surface area (Å²) in [4.78, 5) is 12.1. The fourth-order valence-electron chi connectivity index (χ4n) is 2.57. The standard InChI is InChI=1S/C14H17N3O/c15-8-10-3-1-5-12(7-10)17-14(18)13-6-2-4-11(13)9-16/h1,3,5,7,11,13H,2,4,6,9,16H2,(H,17,18). The summed E-state index contributed by atoms with van der Waals surface area (Å²) in [6.45, 7) is 0.566. The summed E-state index contributed by atoms with van der Waals surface area (Å²) < 4.78 is 0. The molecule has 3 N–H and O–H groups in total. The highest BCUT2D eigenvalue weighted by Gasteiger charge is 2.31. The molecule has 2 atom stereocenters. The maximum atomic E-state index is 12.1. The molecule has 0 radical (unpaired) electrons. The molecule has 4 heteroatoms. The first kappa shape index (κ1) is 12.6. The molecule has 1 aromatic rings. The molecular formula is C14H17N3O. The zero-order valence-corrected chi connectivity index (χ0v) is 10.2. The average molecular weight is 243 g/mol. The summed E-state index contributed by atoms with van der Waals surface area (Å²) in [6.07, 6.45) is 3.01. The van der Waals surface area contributed by atoms with Crippen LogP contribution < -0.4 is 11.1 Å². The lowest BCUT2D eigenvalue weighted by Gasteiger charge is -2.17. The van der Waals surface area contributed by atoms with E-state index in [9.17, 15) is 4.79 Å². The molecule has 1 amide bonds. The van der Waals surface area contributed by atoms with Gasteiger partial charge in [0.15, 0.2) is 0 Å². The van der Waals surface area contributed by atoms with Crippen LogP contribution in [0.4, 0.5) is 5.69 Å². The van der Waals surface area contributed by atoms with Crippen LogP contribution in [0.5, 0.6) is 0 Å². The predicted octanol–water partition coefficient (Wildman–Crippen LogP) is 1.87. The van der Waals surface area contributed by atoms with Gasteiger partial charge in [-0.3, -0.25) is 4.79 Å². The predicted molar refractivity (Wildman–Crippen MR) is 69.7 cm³/mol. The quantitative estimate of drug-likeness (QED) is 0.850. The molecule has 94 valence electrons. The minimum Gasteiger partial charge on any atom is -0.330 e. The van der Waals surface area contributed by atoms with Crippen molar-refractivity contribution in [1.29, 1.82) is 5.26 Å². The van der Waals surface area contributed by atoms with E-state index in [2.05, 4.69) is 11.4 Å². The summed E-state index contributed by atoms with van der Waals surface area (Å²) in [5.74, 6) is 0.336. The number of hydrogen-bond donors (Lipinski definition) is 2. The molecule has 1 saturated carbocycles. The van der Waals surface area contributed by atoms with Crippen molar-refractivity contribution in [2.75, 3.05) is 11.9 Å². The molecule has 1 aromatic carbocycles. The topological polar surface area (TPSA) is 78.9 Å². The van der Waals surface area contributed by atoms with E-state index in [0.717, 1.165) is 19.3 Å². The Kier molecular flexibility index (Phi) is 3.96. The second-order valence-electron chi connectivity index (χ2n) is 4.72. The molecule has 4 nitrogen and oxygen atoms in total.